The summed E-state index contributed by atoms with van der Waals surface area (Å²) in [6.45, 7) is 6.92. The first kappa shape index (κ1) is 13.6. The molecular weight excluding hydrogens is 254 g/mol. The predicted octanol–water partition coefficient (Wildman–Crippen LogP) is -0.151. The van der Waals surface area contributed by atoms with Crippen LogP contribution in [-0.2, 0) is 13.0 Å². The van der Waals surface area contributed by atoms with Crippen LogP contribution in [0.3, 0.4) is 0 Å². The van der Waals surface area contributed by atoms with Gasteiger partial charge in [-0.05, 0) is 19.9 Å². The fraction of sp³-hybridized carbons (Fsp3) is 0.714. The van der Waals surface area contributed by atoms with Crippen LogP contribution < -0.4 is 10.9 Å². The average molecular weight is 277 g/mol. The largest absolute Gasteiger partial charge is 0.383 e. The molecule has 20 heavy (non-hydrogen) atoms. The molecule has 0 bridgehead atoms. The van der Waals surface area contributed by atoms with Crippen molar-refractivity contribution in [2.24, 2.45) is 0 Å². The van der Waals surface area contributed by atoms with Gasteiger partial charge in [-0.1, -0.05) is 0 Å². The quantitative estimate of drug-likeness (QED) is 0.833. The van der Waals surface area contributed by atoms with E-state index in [2.05, 4.69) is 27.3 Å². The van der Waals surface area contributed by atoms with Crippen molar-refractivity contribution in [2.75, 3.05) is 51.6 Å². The highest BCUT2D eigenvalue weighted by molar-refractivity contribution is 5.48. The van der Waals surface area contributed by atoms with E-state index in [0.717, 1.165) is 63.5 Å². The Bertz CT molecular complexity index is 519. The first-order valence-electron chi connectivity index (χ1n) is 7.48. The van der Waals surface area contributed by atoms with Gasteiger partial charge in [-0.25, -0.2) is 4.68 Å². The van der Waals surface area contributed by atoms with E-state index in [9.17, 15) is 4.79 Å². The van der Waals surface area contributed by atoms with Crippen LogP contribution in [0.25, 0.3) is 0 Å². The zero-order valence-corrected chi connectivity index (χ0v) is 12.1. The molecule has 0 unspecified atom stereocenters. The van der Waals surface area contributed by atoms with E-state index in [-0.39, 0.29) is 5.56 Å². The minimum Gasteiger partial charge on any atom is -0.383 e. The van der Waals surface area contributed by atoms with Gasteiger partial charge in [-0.2, -0.15) is 5.10 Å². The Balaban J connectivity index is 1.64. The van der Waals surface area contributed by atoms with E-state index in [1.165, 1.54) is 0 Å². The molecule has 0 spiro atoms. The van der Waals surface area contributed by atoms with Gasteiger partial charge >= 0.3 is 0 Å². The zero-order valence-electron chi connectivity index (χ0n) is 12.1. The van der Waals surface area contributed by atoms with Gasteiger partial charge < -0.3 is 10.2 Å². The fourth-order valence-corrected chi connectivity index (χ4v) is 2.81. The Morgan fingerprint density at radius 3 is 2.85 bits per heavy atom. The Labute approximate surface area is 119 Å². The average Bonchev–Trinajstić information content (AvgIpc) is 2.47. The van der Waals surface area contributed by atoms with Crippen molar-refractivity contribution in [1.82, 2.24) is 19.6 Å². The van der Waals surface area contributed by atoms with Gasteiger partial charge in [0.2, 0.25) is 0 Å². The van der Waals surface area contributed by atoms with Crippen LogP contribution in [-0.4, -0.2) is 65.9 Å². The summed E-state index contributed by atoms with van der Waals surface area (Å²) in [5, 5.41) is 7.77. The van der Waals surface area contributed by atoms with Crippen molar-refractivity contribution >= 4 is 5.69 Å². The number of aryl methyl sites for hydroxylation is 1. The first-order chi connectivity index (χ1) is 9.72. The summed E-state index contributed by atoms with van der Waals surface area (Å²) >= 11 is 0. The Hall–Kier alpha value is -1.40. The molecule has 3 rings (SSSR count). The van der Waals surface area contributed by atoms with E-state index in [1.54, 1.807) is 10.7 Å². The van der Waals surface area contributed by atoms with E-state index in [4.69, 9.17) is 0 Å². The lowest BCUT2D eigenvalue weighted by molar-refractivity contribution is 0.148. The molecule has 1 aromatic heterocycles. The summed E-state index contributed by atoms with van der Waals surface area (Å²) in [7, 11) is 2.15. The molecule has 110 valence electrons. The third-order valence-electron chi connectivity index (χ3n) is 4.20. The normalized spacial score (nSPS) is 20.4. The number of nitrogens with one attached hydrogen (secondary N) is 1. The molecule has 0 amide bonds. The topological polar surface area (TPSA) is 53.4 Å². The molecule has 0 radical (unpaired) electrons. The number of hydrogen-bond acceptors (Lipinski definition) is 5. The molecule has 2 aliphatic heterocycles. The van der Waals surface area contributed by atoms with Crippen LogP contribution in [0.1, 0.15) is 12.1 Å². The Kier molecular flexibility index (Phi) is 4.03. The van der Waals surface area contributed by atoms with Gasteiger partial charge in [0.05, 0.1) is 17.9 Å². The van der Waals surface area contributed by atoms with Crippen molar-refractivity contribution in [1.29, 1.82) is 0 Å². The van der Waals surface area contributed by atoms with E-state index in [0.29, 0.717) is 6.54 Å². The molecule has 3 heterocycles. The minimum absolute atomic E-state index is 0.00674. The first-order valence-corrected chi connectivity index (χ1v) is 7.48. The van der Waals surface area contributed by atoms with Crippen LogP contribution in [0.5, 0.6) is 0 Å². The molecule has 6 nitrogen and oxygen atoms in total. The number of likely N-dealkylation sites (N-methyl/N-ethyl adjacent to an activating group) is 1. The van der Waals surface area contributed by atoms with Crippen molar-refractivity contribution in [2.45, 2.75) is 19.4 Å². The molecule has 0 saturated carbocycles. The highest BCUT2D eigenvalue weighted by atomic mass is 16.1. The van der Waals surface area contributed by atoms with Crippen molar-refractivity contribution < 1.29 is 0 Å². The minimum atomic E-state index is 0.00674. The van der Waals surface area contributed by atoms with Gasteiger partial charge in [0.15, 0.2) is 0 Å². The molecule has 6 heteroatoms. The van der Waals surface area contributed by atoms with Gasteiger partial charge in [0.1, 0.15) is 0 Å². The second-order valence-corrected chi connectivity index (χ2v) is 5.74. The van der Waals surface area contributed by atoms with Gasteiger partial charge in [-0.3, -0.25) is 9.69 Å². The van der Waals surface area contributed by atoms with Crippen LogP contribution in [0.15, 0.2) is 10.9 Å². The van der Waals surface area contributed by atoms with Crippen LogP contribution in [0.4, 0.5) is 5.69 Å². The lowest BCUT2D eigenvalue weighted by Crippen LogP contribution is -2.46. The van der Waals surface area contributed by atoms with Crippen molar-refractivity contribution in [3.05, 3.63) is 22.1 Å². The Morgan fingerprint density at radius 2 is 2.05 bits per heavy atom. The second-order valence-electron chi connectivity index (χ2n) is 5.74. The second kappa shape index (κ2) is 5.93. The van der Waals surface area contributed by atoms with Gasteiger partial charge in [0.25, 0.3) is 5.56 Å². The summed E-state index contributed by atoms with van der Waals surface area (Å²) in [5.74, 6) is 0. The lowest BCUT2D eigenvalue weighted by Gasteiger charge is -2.32. The summed E-state index contributed by atoms with van der Waals surface area (Å²) in [5.41, 5.74) is 1.97. The zero-order chi connectivity index (χ0) is 13.9. The van der Waals surface area contributed by atoms with Gasteiger partial charge in [-0.15, -0.1) is 0 Å². The van der Waals surface area contributed by atoms with E-state index < -0.39 is 0 Å². The SMILES string of the molecule is CN1CCN(CCn2nc3c(cc2=O)NCCC3)CC1. The number of nitrogens with zero attached hydrogens (tertiary/aromatic N) is 4. The monoisotopic (exact) mass is 277 g/mol. The standard InChI is InChI=1S/C14H23N5O/c1-17-5-7-18(8-6-17)9-10-19-14(20)11-13-12(16-19)3-2-4-15-13/h11,15H,2-10H2,1H3. The maximum absolute atomic E-state index is 12.0. The third-order valence-corrected chi connectivity index (χ3v) is 4.20. The summed E-state index contributed by atoms with van der Waals surface area (Å²) in [4.78, 5) is 16.8. The van der Waals surface area contributed by atoms with Gasteiger partial charge in [0, 0.05) is 45.3 Å². The lowest BCUT2D eigenvalue weighted by atomic mass is 10.1. The van der Waals surface area contributed by atoms with Crippen LogP contribution in [0, 0.1) is 0 Å². The molecule has 0 atom stereocenters. The number of hydrogen-bond donors (Lipinski definition) is 1. The molecule has 1 aromatic rings. The molecule has 0 aliphatic carbocycles. The summed E-state index contributed by atoms with van der Waals surface area (Å²) in [6.07, 6.45) is 2.06. The number of aromatic nitrogens is 2. The maximum Gasteiger partial charge on any atom is 0.268 e. The number of rotatable bonds is 3. The predicted molar refractivity (Wildman–Crippen MR) is 79.2 cm³/mol. The molecule has 1 N–H and O–H groups in total. The van der Waals surface area contributed by atoms with E-state index in [1.807, 2.05) is 0 Å². The molecule has 2 aliphatic rings. The molecule has 0 aromatic carbocycles. The highest BCUT2D eigenvalue weighted by Crippen LogP contribution is 2.16. The van der Waals surface area contributed by atoms with Crippen molar-refractivity contribution in [3.63, 3.8) is 0 Å². The van der Waals surface area contributed by atoms with E-state index >= 15 is 0 Å². The number of fused-ring (bicyclic) bond motifs is 1. The Morgan fingerprint density at radius 1 is 1.25 bits per heavy atom. The molecular formula is C14H23N5O. The number of piperazine rings is 1. The highest BCUT2D eigenvalue weighted by Gasteiger charge is 2.15. The number of anilines is 1. The smallest absolute Gasteiger partial charge is 0.268 e. The summed E-state index contributed by atoms with van der Waals surface area (Å²) in [6, 6.07) is 1.70. The third kappa shape index (κ3) is 3.02. The summed E-state index contributed by atoms with van der Waals surface area (Å²) < 4.78 is 1.63. The maximum atomic E-state index is 12.0. The van der Waals surface area contributed by atoms with Crippen LogP contribution >= 0.6 is 0 Å². The molecule has 1 saturated heterocycles. The molecule has 1 fully saturated rings. The van der Waals surface area contributed by atoms with Crippen molar-refractivity contribution in [3.8, 4) is 0 Å². The fourth-order valence-electron chi connectivity index (χ4n) is 2.81. The van der Waals surface area contributed by atoms with Crippen LogP contribution in [0.2, 0.25) is 0 Å².